The van der Waals surface area contributed by atoms with Crippen molar-refractivity contribution in [1.82, 2.24) is 9.55 Å². The van der Waals surface area contributed by atoms with Gasteiger partial charge in [0.15, 0.2) is 0 Å². The Morgan fingerprint density at radius 3 is 2.76 bits per heavy atom. The molecule has 0 radical (unpaired) electrons. The van der Waals surface area contributed by atoms with Crippen LogP contribution >= 0.6 is 0 Å². The molecule has 0 amide bonds. The third-order valence-electron chi connectivity index (χ3n) is 3.14. The summed E-state index contributed by atoms with van der Waals surface area (Å²) in [6.45, 7) is 0.0556. The maximum Gasteiger partial charge on any atom is 0.337 e. The molecule has 2 N–H and O–H groups in total. The van der Waals surface area contributed by atoms with Crippen molar-refractivity contribution in [3.8, 4) is 0 Å². The number of carboxylic acid groups (broad SMARTS) is 1. The molecule has 0 fully saturated rings. The molecule has 0 spiro atoms. The summed E-state index contributed by atoms with van der Waals surface area (Å²) in [6.07, 6.45) is 2.87. The minimum Gasteiger partial charge on any atom is -0.478 e. The Hall–Kier alpha value is -3.09. The molecule has 0 saturated carbocycles. The molecular weight excluding hydrogens is 276 g/mol. The lowest BCUT2D eigenvalue weighted by molar-refractivity contribution is 0.0698. The van der Waals surface area contributed by atoms with E-state index in [1.165, 1.54) is 24.7 Å². The van der Waals surface area contributed by atoms with Crippen LogP contribution in [0.4, 0.5) is 0 Å². The first-order chi connectivity index (χ1) is 10.1. The maximum atomic E-state index is 12.1. The van der Waals surface area contributed by atoms with Gasteiger partial charge in [0.05, 0.1) is 35.7 Å². The summed E-state index contributed by atoms with van der Waals surface area (Å²) in [4.78, 5) is 37.5. The molecule has 3 rings (SSSR count). The van der Waals surface area contributed by atoms with E-state index in [0.29, 0.717) is 11.1 Å². The molecule has 0 aliphatic heterocycles. The molecule has 0 bridgehead atoms. The van der Waals surface area contributed by atoms with Crippen LogP contribution in [0.25, 0.3) is 11.0 Å². The van der Waals surface area contributed by atoms with E-state index in [-0.39, 0.29) is 17.6 Å². The number of rotatable bonds is 3. The van der Waals surface area contributed by atoms with Crippen molar-refractivity contribution < 1.29 is 14.3 Å². The van der Waals surface area contributed by atoms with Crippen LogP contribution in [0.1, 0.15) is 15.9 Å². The number of aromatic nitrogens is 2. The largest absolute Gasteiger partial charge is 0.478 e. The maximum absolute atomic E-state index is 12.1. The third-order valence-corrected chi connectivity index (χ3v) is 3.14. The van der Waals surface area contributed by atoms with E-state index in [1.54, 1.807) is 12.1 Å². The number of H-pyrrole nitrogens is 1. The molecule has 0 saturated heterocycles. The first kappa shape index (κ1) is 12.9. The molecule has 0 aliphatic rings. The van der Waals surface area contributed by atoms with E-state index in [2.05, 4.69) is 4.98 Å². The third kappa shape index (κ3) is 2.14. The van der Waals surface area contributed by atoms with Gasteiger partial charge in [-0.05, 0) is 18.2 Å². The molecule has 106 valence electrons. The number of aromatic amines is 1. The SMILES string of the molecule is O=C(O)c1cccc2[nH]c(=O)c(=O)n(Cc3ccoc3)c12. The summed E-state index contributed by atoms with van der Waals surface area (Å²) < 4.78 is 6.07. The fraction of sp³-hybridized carbons (Fsp3) is 0.0714. The van der Waals surface area contributed by atoms with Gasteiger partial charge < -0.3 is 14.5 Å². The molecule has 0 unspecified atom stereocenters. The Bertz CT molecular complexity index is 934. The Balaban J connectivity index is 2.39. The van der Waals surface area contributed by atoms with E-state index in [1.807, 2.05) is 0 Å². The van der Waals surface area contributed by atoms with Crippen LogP contribution in [0, 0.1) is 0 Å². The normalized spacial score (nSPS) is 10.9. The van der Waals surface area contributed by atoms with Crippen LogP contribution in [0.3, 0.4) is 0 Å². The Kier molecular flexibility index (Phi) is 2.94. The number of benzene rings is 1. The quantitative estimate of drug-likeness (QED) is 0.699. The van der Waals surface area contributed by atoms with Crippen molar-refractivity contribution in [3.05, 3.63) is 68.6 Å². The number of furan rings is 1. The number of para-hydroxylation sites is 1. The van der Waals surface area contributed by atoms with E-state index in [4.69, 9.17) is 4.42 Å². The molecule has 0 atom stereocenters. The van der Waals surface area contributed by atoms with Crippen molar-refractivity contribution in [1.29, 1.82) is 0 Å². The topological polar surface area (TPSA) is 105 Å². The second-order valence-electron chi connectivity index (χ2n) is 4.48. The van der Waals surface area contributed by atoms with Gasteiger partial charge in [0, 0.05) is 5.56 Å². The highest BCUT2D eigenvalue weighted by molar-refractivity contribution is 6.00. The first-order valence-electron chi connectivity index (χ1n) is 6.08. The van der Waals surface area contributed by atoms with Gasteiger partial charge in [-0.25, -0.2) is 4.79 Å². The fourth-order valence-electron chi connectivity index (χ4n) is 2.22. The van der Waals surface area contributed by atoms with Crippen molar-refractivity contribution in [3.63, 3.8) is 0 Å². The summed E-state index contributed by atoms with van der Waals surface area (Å²) in [5, 5.41) is 9.27. The van der Waals surface area contributed by atoms with Crippen LogP contribution < -0.4 is 11.1 Å². The van der Waals surface area contributed by atoms with Gasteiger partial charge in [-0.2, -0.15) is 0 Å². The number of nitrogens with zero attached hydrogens (tertiary/aromatic N) is 1. The molecule has 21 heavy (non-hydrogen) atoms. The van der Waals surface area contributed by atoms with Crippen molar-refractivity contribution in [2.45, 2.75) is 6.54 Å². The summed E-state index contributed by atoms with van der Waals surface area (Å²) >= 11 is 0. The zero-order chi connectivity index (χ0) is 15.0. The number of fused-ring (bicyclic) bond motifs is 1. The molecule has 7 nitrogen and oxygen atoms in total. The molecule has 7 heteroatoms. The van der Waals surface area contributed by atoms with E-state index < -0.39 is 17.1 Å². The number of nitrogens with one attached hydrogen (secondary N) is 1. The van der Waals surface area contributed by atoms with Gasteiger partial charge in [0.1, 0.15) is 0 Å². The van der Waals surface area contributed by atoms with Gasteiger partial charge in [-0.15, -0.1) is 0 Å². The fourth-order valence-corrected chi connectivity index (χ4v) is 2.22. The van der Waals surface area contributed by atoms with Gasteiger partial charge >= 0.3 is 17.1 Å². The van der Waals surface area contributed by atoms with Gasteiger partial charge in [0.25, 0.3) is 0 Å². The van der Waals surface area contributed by atoms with Crippen molar-refractivity contribution >= 4 is 17.0 Å². The second-order valence-corrected chi connectivity index (χ2v) is 4.48. The Labute approximate surface area is 117 Å². The van der Waals surface area contributed by atoms with Crippen LogP contribution in [-0.4, -0.2) is 20.6 Å². The first-order valence-corrected chi connectivity index (χ1v) is 6.08. The monoisotopic (exact) mass is 286 g/mol. The second kappa shape index (κ2) is 4.78. The predicted molar refractivity (Wildman–Crippen MR) is 73.6 cm³/mol. The molecular formula is C14H10N2O5. The van der Waals surface area contributed by atoms with Gasteiger partial charge in [-0.3, -0.25) is 14.2 Å². The highest BCUT2D eigenvalue weighted by atomic mass is 16.4. The smallest absolute Gasteiger partial charge is 0.337 e. The van der Waals surface area contributed by atoms with Gasteiger partial charge in [0.2, 0.25) is 0 Å². The predicted octanol–water partition coefficient (Wildman–Crippen LogP) is 1.03. The average Bonchev–Trinajstić information content (AvgIpc) is 2.96. The lowest BCUT2D eigenvalue weighted by Crippen LogP contribution is -2.37. The van der Waals surface area contributed by atoms with Crippen LogP contribution in [0.5, 0.6) is 0 Å². The molecule has 1 aromatic carbocycles. The van der Waals surface area contributed by atoms with Crippen molar-refractivity contribution in [2.24, 2.45) is 0 Å². The lowest BCUT2D eigenvalue weighted by atomic mass is 10.1. The standard InChI is InChI=1S/C14H10N2O5/c17-12-13(18)16(6-8-4-5-21-7-8)11-9(14(19)20)2-1-3-10(11)15-12/h1-5,7H,6H2,(H,15,17)(H,19,20). The molecule has 2 aromatic heterocycles. The number of carboxylic acids is 1. The molecule has 0 aliphatic carbocycles. The Morgan fingerprint density at radius 1 is 1.29 bits per heavy atom. The van der Waals surface area contributed by atoms with E-state index in [0.717, 1.165) is 4.57 Å². The van der Waals surface area contributed by atoms with Crippen LogP contribution in [0.2, 0.25) is 0 Å². The lowest BCUT2D eigenvalue weighted by Gasteiger charge is -2.10. The van der Waals surface area contributed by atoms with Crippen LogP contribution in [0.15, 0.2) is 50.8 Å². The highest BCUT2D eigenvalue weighted by Crippen LogP contribution is 2.16. The van der Waals surface area contributed by atoms with Gasteiger partial charge in [-0.1, -0.05) is 6.07 Å². The minimum absolute atomic E-state index is 0.0515. The summed E-state index contributed by atoms with van der Waals surface area (Å²) in [5.41, 5.74) is -0.529. The molecule has 2 heterocycles. The summed E-state index contributed by atoms with van der Waals surface area (Å²) in [7, 11) is 0. The van der Waals surface area contributed by atoms with E-state index in [9.17, 15) is 19.5 Å². The zero-order valence-electron chi connectivity index (χ0n) is 10.7. The van der Waals surface area contributed by atoms with Crippen molar-refractivity contribution in [2.75, 3.05) is 0 Å². The molecule has 3 aromatic rings. The zero-order valence-corrected chi connectivity index (χ0v) is 10.7. The Morgan fingerprint density at radius 2 is 2.10 bits per heavy atom. The number of hydrogen-bond donors (Lipinski definition) is 2. The summed E-state index contributed by atoms with van der Waals surface area (Å²) in [5.74, 6) is -1.17. The number of aromatic carboxylic acids is 1. The summed E-state index contributed by atoms with van der Waals surface area (Å²) in [6, 6.07) is 6.08. The van der Waals surface area contributed by atoms with E-state index >= 15 is 0 Å². The minimum atomic E-state index is -1.17. The number of carbonyl (C=O) groups is 1. The van der Waals surface area contributed by atoms with Crippen LogP contribution in [-0.2, 0) is 6.54 Å². The highest BCUT2D eigenvalue weighted by Gasteiger charge is 2.15. The average molecular weight is 286 g/mol. The number of hydrogen-bond acceptors (Lipinski definition) is 4.